The van der Waals surface area contributed by atoms with Crippen molar-refractivity contribution < 1.29 is 31.1 Å². The number of halogens is 4. The molecule has 1 aromatic carbocycles. The molecule has 1 heterocycles. The number of sulfonamides is 1. The van der Waals surface area contributed by atoms with Crippen molar-refractivity contribution in [2.45, 2.75) is 24.6 Å². The Hall–Kier alpha value is -1.56. The van der Waals surface area contributed by atoms with Crippen LogP contribution in [0.2, 0.25) is 0 Å². The molecule has 12 heteroatoms. The van der Waals surface area contributed by atoms with Crippen LogP contribution in [0.15, 0.2) is 29.2 Å². The van der Waals surface area contributed by atoms with Crippen molar-refractivity contribution in [3.8, 4) is 5.75 Å². The number of alkyl halides is 3. The number of amides is 1. The molecule has 1 unspecified atom stereocenters. The maximum Gasteiger partial charge on any atom is 0.573 e. The summed E-state index contributed by atoms with van der Waals surface area (Å²) in [4.78, 5) is 13.4. The maximum atomic E-state index is 12.2. The van der Waals surface area contributed by atoms with Crippen LogP contribution in [0, 0.1) is 5.41 Å². The zero-order valence-electron chi connectivity index (χ0n) is 14.5. The highest BCUT2D eigenvalue weighted by molar-refractivity contribution is 7.89. The van der Waals surface area contributed by atoms with E-state index < -0.39 is 28.7 Å². The van der Waals surface area contributed by atoms with Crippen LogP contribution in [0.5, 0.6) is 5.75 Å². The first kappa shape index (κ1) is 23.5. The molecule has 2 rings (SSSR count). The van der Waals surface area contributed by atoms with E-state index in [1.807, 2.05) is 6.92 Å². The third kappa shape index (κ3) is 6.52. The normalized spacial score (nSPS) is 20.3. The Kier molecular flexibility index (Phi) is 7.51. The Morgan fingerprint density at radius 2 is 1.93 bits per heavy atom. The fourth-order valence-electron chi connectivity index (χ4n) is 2.58. The Balaban J connectivity index is 0.00000364. The summed E-state index contributed by atoms with van der Waals surface area (Å²) in [6.07, 6.45) is -4.12. The van der Waals surface area contributed by atoms with Gasteiger partial charge in [0, 0.05) is 13.1 Å². The van der Waals surface area contributed by atoms with Crippen molar-refractivity contribution in [3.63, 3.8) is 0 Å². The van der Waals surface area contributed by atoms with E-state index in [0.29, 0.717) is 19.6 Å². The van der Waals surface area contributed by atoms with Crippen LogP contribution in [0.3, 0.4) is 0 Å². The monoisotopic (exact) mass is 431 g/mol. The largest absolute Gasteiger partial charge is 0.573 e. The predicted molar refractivity (Wildman–Crippen MR) is 93.9 cm³/mol. The van der Waals surface area contributed by atoms with E-state index in [0.717, 1.165) is 30.7 Å². The molecule has 1 aliphatic heterocycles. The van der Waals surface area contributed by atoms with Crippen LogP contribution < -0.4 is 15.2 Å². The molecule has 0 aromatic heterocycles. The molecule has 0 aliphatic carbocycles. The molecule has 0 spiro atoms. The molecule has 1 aliphatic rings. The van der Waals surface area contributed by atoms with Gasteiger partial charge in [0.2, 0.25) is 15.9 Å². The summed E-state index contributed by atoms with van der Waals surface area (Å²) >= 11 is 0. The third-order valence-corrected chi connectivity index (χ3v) is 5.60. The van der Waals surface area contributed by atoms with Gasteiger partial charge in [0.15, 0.2) is 0 Å². The van der Waals surface area contributed by atoms with Crippen LogP contribution in [0.1, 0.15) is 13.3 Å². The summed E-state index contributed by atoms with van der Waals surface area (Å²) in [5.41, 5.74) is 5.49. The van der Waals surface area contributed by atoms with Gasteiger partial charge in [-0.1, -0.05) is 6.92 Å². The van der Waals surface area contributed by atoms with Gasteiger partial charge in [-0.2, -0.15) is 0 Å². The Morgan fingerprint density at radius 1 is 1.33 bits per heavy atom. The van der Waals surface area contributed by atoms with Gasteiger partial charge in [0.1, 0.15) is 5.75 Å². The number of likely N-dealkylation sites (tertiary alicyclic amines) is 1. The summed E-state index contributed by atoms with van der Waals surface area (Å²) in [5, 5.41) is 0. The van der Waals surface area contributed by atoms with Gasteiger partial charge in [0.05, 0.1) is 11.4 Å². The van der Waals surface area contributed by atoms with Crippen LogP contribution in [0.25, 0.3) is 0 Å². The van der Waals surface area contributed by atoms with E-state index in [2.05, 4.69) is 9.46 Å². The van der Waals surface area contributed by atoms with Crippen molar-refractivity contribution in [1.82, 2.24) is 9.62 Å². The average Bonchev–Trinajstić information content (AvgIpc) is 2.95. The number of nitrogens with two attached hydrogens (primary N) is 1. The second-order valence-corrected chi connectivity index (χ2v) is 8.19. The zero-order chi connectivity index (χ0) is 19.6. The molecule has 1 fully saturated rings. The van der Waals surface area contributed by atoms with Crippen molar-refractivity contribution >= 4 is 28.3 Å². The minimum atomic E-state index is -4.86. The van der Waals surface area contributed by atoms with E-state index in [9.17, 15) is 26.4 Å². The lowest BCUT2D eigenvalue weighted by molar-refractivity contribution is -0.274. The maximum absolute atomic E-state index is 12.2. The van der Waals surface area contributed by atoms with Crippen LogP contribution in [0.4, 0.5) is 13.2 Å². The smallest absolute Gasteiger partial charge is 0.406 e. The van der Waals surface area contributed by atoms with E-state index in [-0.39, 0.29) is 28.6 Å². The first-order valence-corrected chi connectivity index (χ1v) is 9.26. The van der Waals surface area contributed by atoms with Gasteiger partial charge in [0.25, 0.3) is 0 Å². The predicted octanol–water partition coefficient (Wildman–Crippen LogP) is 1.48. The second-order valence-electron chi connectivity index (χ2n) is 6.42. The van der Waals surface area contributed by atoms with Crippen molar-refractivity contribution in [3.05, 3.63) is 24.3 Å². The van der Waals surface area contributed by atoms with Crippen LogP contribution >= 0.6 is 12.4 Å². The molecular weight excluding hydrogens is 411 g/mol. The third-order valence-electron chi connectivity index (χ3n) is 4.18. The van der Waals surface area contributed by atoms with Crippen molar-refractivity contribution in [2.75, 3.05) is 26.2 Å². The van der Waals surface area contributed by atoms with E-state index in [1.165, 1.54) is 4.90 Å². The zero-order valence-corrected chi connectivity index (χ0v) is 16.1. The summed E-state index contributed by atoms with van der Waals surface area (Å²) in [7, 11) is -4.04. The van der Waals surface area contributed by atoms with Crippen LogP contribution in [-0.2, 0) is 14.8 Å². The number of benzene rings is 1. The quantitative estimate of drug-likeness (QED) is 0.710. The minimum Gasteiger partial charge on any atom is -0.406 e. The molecule has 154 valence electrons. The van der Waals surface area contributed by atoms with Gasteiger partial charge in [-0.05, 0) is 42.6 Å². The number of hydrogen-bond acceptors (Lipinski definition) is 5. The molecule has 27 heavy (non-hydrogen) atoms. The molecule has 0 bridgehead atoms. The topological polar surface area (TPSA) is 102 Å². The van der Waals surface area contributed by atoms with Gasteiger partial charge in [-0.25, -0.2) is 13.1 Å². The Bertz CT molecular complexity index is 759. The van der Waals surface area contributed by atoms with E-state index in [4.69, 9.17) is 5.73 Å². The molecule has 7 nitrogen and oxygen atoms in total. The fourth-order valence-corrected chi connectivity index (χ4v) is 3.55. The van der Waals surface area contributed by atoms with Crippen molar-refractivity contribution in [2.24, 2.45) is 11.1 Å². The number of rotatable bonds is 6. The molecule has 3 N–H and O–H groups in total. The van der Waals surface area contributed by atoms with Gasteiger partial charge >= 0.3 is 6.36 Å². The molecule has 1 saturated heterocycles. The minimum absolute atomic E-state index is 0. The number of ether oxygens (including phenoxy) is 1. The lowest BCUT2D eigenvalue weighted by Gasteiger charge is -2.22. The second kappa shape index (κ2) is 8.63. The van der Waals surface area contributed by atoms with E-state index >= 15 is 0 Å². The summed E-state index contributed by atoms with van der Waals surface area (Å²) in [6, 6.07) is 3.71. The van der Waals surface area contributed by atoms with Crippen LogP contribution in [-0.4, -0.2) is 51.8 Å². The van der Waals surface area contributed by atoms with Gasteiger partial charge in [-0.3, -0.25) is 4.79 Å². The van der Waals surface area contributed by atoms with Gasteiger partial charge < -0.3 is 15.4 Å². The highest BCUT2D eigenvalue weighted by Gasteiger charge is 2.35. The number of nitrogens with one attached hydrogen (secondary N) is 1. The highest BCUT2D eigenvalue weighted by Crippen LogP contribution is 2.28. The number of carbonyl (C=O) groups is 1. The first-order valence-electron chi connectivity index (χ1n) is 7.77. The molecular formula is C15H21ClF3N3O4S. The summed E-state index contributed by atoms with van der Waals surface area (Å²) < 4.78 is 66.5. The highest BCUT2D eigenvalue weighted by atomic mass is 35.5. The summed E-state index contributed by atoms with van der Waals surface area (Å²) in [5.74, 6) is -0.923. The number of hydrogen-bond donors (Lipinski definition) is 2. The Labute approximate surface area is 161 Å². The standard InChI is InChI=1S/C15H20F3N3O4S.ClH/c1-14(9-19)6-7-21(10-14)13(22)8-20-26(23,24)12-4-2-11(3-5-12)25-15(16,17)18;/h2-5,20H,6-10,19H2,1H3;1H. The number of nitrogens with zero attached hydrogens (tertiary/aromatic N) is 1. The van der Waals surface area contributed by atoms with Gasteiger partial charge in [-0.15, -0.1) is 25.6 Å². The average molecular weight is 432 g/mol. The SMILES string of the molecule is CC1(CN)CCN(C(=O)CNS(=O)(=O)c2ccc(OC(F)(F)F)cc2)C1.Cl. The lowest BCUT2D eigenvalue weighted by Crippen LogP contribution is -2.40. The Morgan fingerprint density at radius 3 is 2.41 bits per heavy atom. The lowest BCUT2D eigenvalue weighted by atomic mass is 9.90. The first-order chi connectivity index (χ1) is 11.9. The molecule has 1 amide bonds. The molecule has 1 aromatic rings. The van der Waals surface area contributed by atoms with E-state index in [1.54, 1.807) is 0 Å². The summed E-state index contributed by atoms with van der Waals surface area (Å²) in [6.45, 7) is 2.89. The molecule has 0 saturated carbocycles. The fraction of sp³-hybridized carbons (Fsp3) is 0.533. The molecule has 1 atom stereocenters. The molecule has 0 radical (unpaired) electrons. The number of carbonyl (C=O) groups excluding carboxylic acids is 1. The van der Waals surface area contributed by atoms with Crippen molar-refractivity contribution in [1.29, 1.82) is 0 Å².